The minimum absolute atomic E-state index is 0.0229. The van der Waals surface area contributed by atoms with Crippen LogP contribution in [0.4, 0.5) is 4.79 Å². The fraction of sp³-hybridized carbons (Fsp3) is 0.526. The minimum Gasteiger partial charge on any atom is -0.319 e. The smallest absolute Gasteiger partial charge is 0.319 e. The minimum atomic E-state index is -1.04. The first-order valence-corrected chi connectivity index (χ1v) is 8.30. The summed E-state index contributed by atoms with van der Waals surface area (Å²) in [6.45, 7) is 10.1. The summed E-state index contributed by atoms with van der Waals surface area (Å²) in [6, 6.07) is 9.49. The van der Waals surface area contributed by atoms with Crippen LogP contribution >= 0.6 is 0 Å². The lowest BCUT2D eigenvalue weighted by molar-refractivity contribution is -0.132. The number of hydrogen-bond acceptors (Lipinski definition) is 3. The van der Waals surface area contributed by atoms with E-state index in [2.05, 4.69) is 32.2 Å². The maximum Gasteiger partial charge on any atom is 0.325 e. The Bertz CT molecular complexity index is 682. The second-order valence-electron chi connectivity index (χ2n) is 7.46. The van der Waals surface area contributed by atoms with Gasteiger partial charge in [0.2, 0.25) is 0 Å². The monoisotopic (exact) mass is 327 g/mol. The van der Waals surface area contributed by atoms with Crippen molar-refractivity contribution in [3.63, 3.8) is 0 Å². The maximum absolute atomic E-state index is 12.9. The number of carbonyl (C=O) groups is 2. The van der Waals surface area contributed by atoms with Crippen LogP contribution in [0.3, 0.4) is 0 Å². The van der Waals surface area contributed by atoms with Gasteiger partial charge < -0.3 is 5.32 Å². The van der Waals surface area contributed by atoms with E-state index in [0.29, 0.717) is 6.42 Å². The third-order valence-corrected chi connectivity index (χ3v) is 4.63. The zero-order valence-corrected chi connectivity index (χ0v) is 15.0. The van der Waals surface area contributed by atoms with Crippen LogP contribution in [0.5, 0.6) is 0 Å². The van der Waals surface area contributed by atoms with E-state index in [9.17, 15) is 9.59 Å². The average Bonchev–Trinajstić information content (AvgIpc) is 2.79. The van der Waals surface area contributed by atoms with Crippen molar-refractivity contribution in [2.75, 3.05) is 6.54 Å². The van der Waals surface area contributed by atoms with E-state index in [1.54, 1.807) is 6.92 Å². The number of rotatable bonds is 4. The van der Waals surface area contributed by atoms with E-state index in [-0.39, 0.29) is 17.9 Å². The van der Waals surface area contributed by atoms with Gasteiger partial charge in [0.1, 0.15) is 5.54 Å². The summed E-state index contributed by atoms with van der Waals surface area (Å²) in [5.74, 6) is -0.670. The van der Waals surface area contributed by atoms with Gasteiger partial charge in [-0.1, -0.05) is 52.0 Å². The molecule has 0 spiro atoms. The molecule has 1 N–H and O–H groups in total. The summed E-state index contributed by atoms with van der Waals surface area (Å²) < 4.78 is 0. The van der Waals surface area contributed by atoms with Crippen molar-refractivity contribution in [2.24, 2.45) is 5.92 Å². The van der Waals surface area contributed by atoms with Crippen molar-refractivity contribution in [3.05, 3.63) is 35.4 Å². The lowest BCUT2D eigenvalue weighted by Crippen LogP contribution is -2.43. The van der Waals surface area contributed by atoms with Gasteiger partial charge in [0, 0.05) is 6.54 Å². The zero-order valence-electron chi connectivity index (χ0n) is 15.0. The van der Waals surface area contributed by atoms with Gasteiger partial charge in [0.25, 0.3) is 5.91 Å². The molecule has 1 aromatic rings. The van der Waals surface area contributed by atoms with Crippen molar-refractivity contribution in [2.45, 2.75) is 52.0 Å². The van der Waals surface area contributed by atoms with Crippen LogP contribution in [0.2, 0.25) is 0 Å². The fourth-order valence-corrected chi connectivity index (χ4v) is 3.00. The van der Waals surface area contributed by atoms with Crippen LogP contribution in [0.25, 0.3) is 0 Å². The number of benzene rings is 1. The Morgan fingerprint density at radius 2 is 1.83 bits per heavy atom. The first-order chi connectivity index (χ1) is 11.2. The molecule has 3 amide bonds. The van der Waals surface area contributed by atoms with Crippen LogP contribution < -0.4 is 5.32 Å². The molecule has 1 aliphatic heterocycles. The number of urea groups is 1. The molecule has 5 heteroatoms. The molecular formula is C19H25N3O2. The Kier molecular flexibility index (Phi) is 4.70. The van der Waals surface area contributed by atoms with E-state index in [1.165, 1.54) is 5.56 Å². The summed E-state index contributed by atoms with van der Waals surface area (Å²) in [5.41, 5.74) is 0.935. The van der Waals surface area contributed by atoms with Crippen molar-refractivity contribution in [3.8, 4) is 6.07 Å². The number of hydrogen-bond donors (Lipinski definition) is 1. The molecule has 1 heterocycles. The van der Waals surface area contributed by atoms with E-state index in [1.807, 2.05) is 31.2 Å². The van der Waals surface area contributed by atoms with Crippen LogP contribution in [0, 0.1) is 17.2 Å². The number of nitrogens with zero attached hydrogens (tertiary/aromatic N) is 2. The highest BCUT2D eigenvalue weighted by atomic mass is 16.2. The number of amides is 3. The van der Waals surface area contributed by atoms with E-state index >= 15 is 0 Å². The summed E-state index contributed by atoms with van der Waals surface area (Å²) in [5, 5.41) is 11.8. The average molecular weight is 327 g/mol. The normalized spacial score (nSPS) is 22.2. The molecule has 0 aromatic heterocycles. The van der Waals surface area contributed by atoms with Gasteiger partial charge in [-0.2, -0.15) is 5.26 Å². The molecule has 1 saturated heterocycles. The summed E-state index contributed by atoms with van der Waals surface area (Å²) in [6.07, 6.45) is 0.462. The van der Waals surface area contributed by atoms with Crippen LogP contribution in [-0.2, 0) is 15.7 Å². The molecule has 24 heavy (non-hydrogen) atoms. The van der Waals surface area contributed by atoms with Gasteiger partial charge >= 0.3 is 6.03 Å². The fourth-order valence-electron chi connectivity index (χ4n) is 3.00. The van der Waals surface area contributed by atoms with Gasteiger partial charge in [-0.15, -0.1) is 0 Å². The SMILES string of the molecule is CCC1(c2ccc(C(C)(C)C)cc2)NC(=O)N(CC(C)C#N)C1=O. The largest absolute Gasteiger partial charge is 0.325 e. The predicted octanol–water partition coefficient (Wildman–Crippen LogP) is 3.30. The first kappa shape index (κ1) is 18.0. The molecule has 1 aromatic carbocycles. The van der Waals surface area contributed by atoms with E-state index < -0.39 is 17.5 Å². The quantitative estimate of drug-likeness (QED) is 0.862. The van der Waals surface area contributed by atoms with Crippen LogP contribution in [0.15, 0.2) is 24.3 Å². The molecule has 5 nitrogen and oxygen atoms in total. The highest BCUT2D eigenvalue weighted by molar-refractivity contribution is 6.07. The van der Waals surface area contributed by atoms with Gasteiger partial charge in [-0.05, 0) is 29.9 Å². The van der Waals surface area contributed by atoms with Crippen molar-refractivity contribution in [1.29, 1.82) is 5.26 Å². The Labute approximate surface area is 143 Å². The molecular weight excluding hydrogens is 302 g/mol. The molecule has 0 saturated carbocycles. The zero-order chi connectivity index (χ0) is 18.1. The van der Waals surface area contributed by atoms with Gasteiger partial charge in [-0.25, -0.2) is 4.79 Å². The molecule has 128 valence electrons. The molecule has 0 bridgehead atoms. The summed E-state index contributed by atoms with van der Waals surface area (Å²) >= 11 is 0. The molecule has 2 unspecified atom stereocenters. The third kappa shape index (κ3) is 3.01. The Morgan fingerprint density at radius 3 is 2.29 bits per heavy atom. The molecule has 1 aliphatic rings. The van der Waals surface area contributed by atoms with Gasteiger partial charge in [0.15, 0.2) is 0 Å². The van der Waals surface area contributed by atoms with E-state index in [0.717, 1.165) is 10.5 Å². The second kappa shape index (κ2) is 6.27. The van der Waals surface area contributed by atoms with Crippen molar-refractivity contribution in [1.82, 2.24) is 10.2 Å². The number of nitriles is 1. The lowest BCUT2D eigenvalue weighted by Gasteiger charge is -2.27. The number of nitrogens with one attached hydrogen (secondary N) is 1. The van der Waals surface area contributed by atoms with Crippen molar-refractivity contribution < 1.29 is 9.59 Å². The van der Waals surface area contributed by atoms with Crippen molar-refractivity contribution >= 4 is 11.9 Å². The number of imide groups is 1. The third-order valence-electron chi connectivity index (χ3n) is 4.63. The number of carbonyl (C=O) groups excluding carboxylic acids is 2. The Morgan fingerprint density at radius 1 is 1.25 bits per heavy atom. The second-order valence-corrected chi connectivity index (χ2v) is 7.46. The summed E-state index contributed by atoms with van der Waals surface area (Å²) in [4.78, 5) is 26.4. The van der Waals surface area contributed by atoms with Crippen LogP contribution in [0.1, 0.15) is 52.2 Å². The maximum atomic E-state index is 12.9. The Balaban J connectivity index is 2.38. The molecule has 2 atom stereocenters. The summed E-state index contributed by atoms with van der Waals surface area (Å²) in [7, 11) is 0. The Hall–Kier alpha value is -2.35. The highest BCUT2D eigenvalue weighted by Gasteiger charge is 2.51. The highest BCUT2D eigenvalue weighted by Crippen LogP contribution is 2.34. The predicted molar refractivity (Wildman–Crippen MR) is 92.1 cm³/mol. The van der Waals surface area contributed by atoms with E-state index in [4.69, 9.17) is 5.26 Å². The molecule has 0 radical (unpaired) electrons. The molecule has 0 aliphatic carbocycles. The van der Waals surface area contributed by atoms with Gasteiger partial charge in [-0.3, -0.25) is 9.69 Å². The molecule has 2 rings (SSSR count). The lowest BCUT2D eigenvalue weighted by atomic mass is 9.82. The standard InChI is InChI=1S/C19H25N3O2/c1-6-19(15-9-7-14(8-10-15)18(3,4)5)16(23)22(17(24)21-19)12-13(2)11-20/h7-10,13H,6,12H2,1-5H3,(H,21,24). The molecule has 1 fully saturated rings. The van der Waals surface area contributed by atoms with Gasteiger partial charge in [0.05, 0.1) is 12.0 Å². The topological polar surface area (TPSA) is 73.2 Å². The first-order valence-electron chi connectivity index (χ1n) is 8.30. The van der Waals surface area contributed by atoms with Crippen LogP contribution in [-0.4, -0.2) is 23.4 Å².